The zero-order chi connectivity index (χ0) is 22.1. The molecule has 1 saturated carbocycles. The molecule has 1 aromatic carbocycles. The van der Waals surface area contributed by atoms with Gasteiger partial charge in [-0.2, -0.15) is 0 Å². The van der Waals surface area contributed by atoms with Crippen LogP contribution in [-0.2, 0) is 4.74 Å². The average Bonchev–Trinajstić information content (AvgIpc) is 3.14. The van der Waals surface area contributed by atoms with Gasteiger partial charge in [0, 0.05) is 0 Å². The fraction of sp³-hybridized carbons (Fsp3) is 0.444. The molecule has 3 atom stereocenters. The summed E-state index contributed by atoms with van der Waals surface area (Å²) in [4.78, 5) is 11.2. The molecular formula is C27H34O4. The van der Waals surface area contributed by atoms with E-state index in [0.29, 0.717) is 24.4 Å². The van der Waals surface area contributed by atoms with E-state index in [-0.39, 0.29) is 12.2 Å². The van der Waals surface area contributed by atoms with Gasteiger partial charge >= 0.3 is 5.97 Å². The second-order valence-corrected chi connectivity index (χ2v) is 8.54. The first-order valence-corrected chi connectivity index (χ1v) is 11.4. The Balaban J connectivity index is 1.56. The van der Waals surface area contributed by atoms with Gasteiger partial charge in [0.15, 0.2) is 0 Å². The van der Waals surface area contributed by atoms with Crippen LogP contribution in [0.2, 0.25) is 0 Å². The molecule has 1 aromatic rings. The summed E-state index contributed by atoms with van der Waals surface area (Å²) in [6.07, 6.45) is 19.4. The van der Waals surface area contributed by atoms with Crippen LogP contribution in [0, 0.1) is 17.8 Å². The van der Waals surface area contributed by atoms with E-state index in [0.717, 1.165) is 42.6 Å². The van der Waals surface area contributed by atoms with Crippen LogP contribution in [0.4, 0.5) is 0 Å². The Bertz CT molecular complexity index is 862. The minimum Gasteiger partial charge on any atom is -0.494 e. The molecule has 0 aliphatic heterocycles. The number of hydrogen-bond acceptors (Lipinski definition) is 3. The topological polar surface area (TPSA) is 66.8 Å². The maximum Gasteiger partial charge on any atom is 0.335 e. The first-order chi connectivity index (χ1) is 15.1. The number of rotatable bonds is 10. The van der Waals surface area contributed by atoms with Crippen molar-refractivity contribution in [3.8, 4) is 0 Å². The zero-order valence-electron chi connectivity index (χ0n) is 18.4. The molecule has 0 spiro atoms. The second kappa shape index (κ2) is 11.7. The molecule has 31 heavy (non-hydrogen) atoms. The van der Waals surface area contributed by atoms with E-state index in [2.05, 4.69) is 43.4 Å². The van der Waals surface area contributed by atoms with Crippen LogP contribution in [0.25, 0.3) is 5.57 Å². The van der Waals surface area contributed by atoms with E-state index in [4.69, 9.17) is 4.74 Å². The first kappa shape index (κ1) is 23.1. The minimum absolute atomic E-state index is 0.0910. The lowest BCUT2D eigenvalue weighted by Gasteiger charge is -2.20. The van der Waals surface area contributed by atoms with E-state index in [1.807, 2.05) is 6.07 Å². The molecule has 0 amide bonds. The summed E-state index contributed by atoms with van der Waals surface area (Å²) in [7, 11) is 0. The van der Waals surface area contributed by atoms with Gasteiger partial charge in [-0.3, -0.25) is 0 Å². The number of aliphatic hydroxyl groups excluding tert-OH is 1. The van der Waals surface area contributed by atoms with Gasteiger partial charge in [-0.1, -0.05) is 43.4 Å². The van der Waals surface area contributed by atoms with E-state index >= 15 is 0 Å². The van der Waals surface area contributed by atoms with Crippen LogP contribution in [0.1, 0.15) is 61.4 Å². The highest BCUT2D eigenvalue weighted by Gasteiger charge is 2.30. The van der Waals surface area contributed by atoms with Crippen molar-refractivity contribution in [1.29, 1.82) is 0 Å². The lowest BCUT2D eigenvalue weighted by molar-refractivity contribution is 0.0697. The number of carboxylic acids is 1. The van der Waals surface area contributed by atoms with E-state index in [9.17, 15) is 15.0 Å². The van der Waals surface area contributed by atoms with Crippen LogP contribution in [0.15, 0.2) is 66.5 Å². The third kappa shape index (κ3) is 6.70. The monoisotopic (exact) mass is 422 g/mol. The van der Waals surface area contributed by atoms with Crippen molar-refractivity contribution < 1.29 is 19.7 Å². The van der Waals surface area contributed by atoms with Crippen LogP contribution in [0.3, 0.4) is 0 Å². The van der Waals surface area contributed by atoms with Gasteiger partial charge in [-0.05, 0) is 91.7 Å². The quantitative estimate of drug-likeness (QED) is 0.358. The maximum absolute atomic E-state index is 11.2. The van der Waals surface area contributed by atoms with Gasteiger partial charge in [-0.15, -0.1) is 0 Å². The second-order valence-electron chi connectivity index (χ2n) is 8.54. The molecule has 4 nitrogen and oxygen atoms in total. The number of benzene rings is 1. The third-order valence-corrected chi connectivity index (χ3v) is 6.42. The molecule has 2 aliphatic carbocycles. The molecule has 0 radical (unpaired) electrons. The molecule has 166 valence electrons. The number of aliphatic hydroxyl groups is 1. The lowest BCUT2D eigenvalue weighted by atomic mass is 9.86. The minimum atomic E-state index is -0.950. The van der Waals surface area contributed by atoms with Crippen molar-refractivity contribution in [2.24, 2.45) is 17.8 Å². The zero-order valence-corrected chi connectivity index (χ0v) is 18.4. The van der Waals surface area contributed by atoms with Gasteiger partial charge in [-0.25, -0.2) is 4.79 Å². The predicted molar refractivity (Wildman–Crippen MR) is 125 cm³/mol. The summed E-state index contributed by atoms with van der Waals surface area (Å²) in [6.45, 7) is 2.92. The molecular weight excluding hydrogens is 388 g/mol. The van der Waals surface area contributed by atoms with E-state index in [1.165, 1.54) is 12.8 Å². The first-order valence-electron chi connectivity index (χ1n) is 11.4. The number of aromatic carboxylic acids is 1. The van der Waals surface area contributed by atoms with Gasteiger partial charge in [0.2, 0.25) is 0 Å². The summed E-state index contributed by atoms with van der Waals surface area (Å²) in [5, 5.41) is 19.1. The Labute approximate surface area is 185 Å². The van der Waals surface area contributed by atoms with Crippen molar-refractivity contribution in [1.82, 2.24) is 0 Å². The predicted octanol–water partition coefficient (Wildman–Crippen LogP) is 6.01. The standard InChI is InChI=1S/C27H34O4/c1-20-13-14-21(8-5-6-17-31-25-11-3-2-4-12-25)26(20)16-15-24(19-28)22-9-7-10-23(18-22)27(29)30/h3,5,7-12,15,18,20-21,26,28H,2,4,6,13-14,16-17,19H2,1H3,(H,29,30)/b8-5+,24-15+/t20?,21-,26-/m0/s1. The van der Waals surface area contributed by atoms with Crippen LogP contribution < -0.4 is 0 Å². The number of allylic oxidation sites excluding steroid dienone is 5. The molecule has 4 heteroatoms. The van der Waals surface area contributed by atoms with Crippen molar-refractivity contribution in [3.05, 3.63) is 77.6 Å². The molecule has 2 aliphatic rings. The normalized spacial score (nSPS) is 23.9. The van der Waals surface area contributed by atoms with Crippen molar-refractivity contribution in [2.45, 2.75) is 45.4 Å². The highest BCUT2D eigenvalue weighted by molar-refractivity contribution is 5.89. The van der Waals surface area contributed by atoms with Crippen LogP contribution >= 0.6 is 0 Å². The molecule has 0 saturated heterocycles. The lowest BCUT2D eigenvalue weighted by Crippen LogP contribution is -2.11. The summed E-state index contributed by atoms with van der Waals surface area (Å²) in [5.41, 5.74) is 1.82. The Morgan fingerprint density at radius 3 is 2.81 bits per heavy atom. The number of carbonyl (C=O) groups is 1. The van der Waals surface area contributed by atoms with Crippen LogP contribution in [0.5, 0.6) is 0 Å². The smallest absolute Gasteiger partial charge is 0.335 e. The Hall–Kier alpha value is -2.59. The fourth-order valence-corrected chi connectivity index (χ4v) is 4.57. The highest BCUT2D eigenvalue weighted by atomic mass is 16.5. The van der Waals surface area contributed by atoms with Crippen molar-refractivity contribution in [2.75, 3.05) is 13.2 Å². The number of ether oxygens (including phenoxy) is 1. The summed E-state index contributed by atoms with van der Waals surface area (Å²) >= 11 is 0. The molecule has 0 aromatic heterocycles. The van der Waals surface area contributed by atoms with Gasteiger partial charge < -0.3 is 14.9 Å². The van der Waals surface area contributed by atoms with E-state index in [1.54, 1.807) is 18.2 Å². The van der Waals surface area contributed by atoms with Gasteiger partial charge in [0.05, 0.1) is 18.8 Å². The average molecular weight is 423 g/mol. The molecule has 3 rings (SSSR count). The van der Waals surface area contributed by atoms with Gasteiger partial charge in [0.25, 0.3) is 0 Å². The van der Waals surface area contributed by atoms with Crippen molar-refractivity contribution >= 4 is 11.5 Å². The summed E-state index contributed by atoms with van der Waals surface area (Å²) in [6, 6.07) is 6.80. The van der Waals surface area contributed by atoms with Crippen molar-refractivity contribution in [3.63, 3.8) is 0 Å². The Morgan fingerprint density at radius 1 is 1.23 bits per heavy atom. The fourth-order valence-electron chi connectivity index (χ4n) is 4.57. The van der Waals surface area contributed by atoms with Crippen LogP contribution in [-0.4, -0.2) is 29.4 Å². The Kier molecular flexibility index (Phi) is 8.72. The van der Waals surface area contributed by atoms with Gasteiger partial charge in [0.1, 0.15) is 5.76 Å². The largest absolute Gasteiger partial charge is 0.494 e. The molecule has 0 heterocycles. The molecule has 2 N–H and O–H groups in total. The number of hydrogen-bond donors (Lipinski definition) is 2. The molecule has 0 bridgehead atoms. The third-order valence-electron chi connectivity index (χ3n) is 6.42. The highest BCUT2D eigenvalue weighted by Crippen LogP contribution is 2.40. The summed E-state index contributed by atoms with van der Waals surface area (Å²) < 4.78 is 5.81. The number of carboxylic acid groups (broad SMARTS) is 1. The SMILES string of the molecule is CC1CC[C@H](/C=C/CCOC2=CCCC=C2)[C@H]1C/C=C(\CO)c1cccc(C(=O)O)c1. The maximum atomic E-state index is 11.2. The van der Waals surface area contributed by atoms with E-state index < -0.39 is 5.97 Å². The molecule has 1 unspecified atom stereocenters. The molecule has 1 fully saturated rings. The summed E-state index contributed by atoms with van der Waals surface area (Å²) in [5.74, 6) is 1.73. The Morgan fingerprint density at radius 2 is 2.06 bits per heavy atom.